The number of amides is 2. The Bertz CT molecular complexity index is 861. The second-order valence-corrected chi connectivity index (χ2v) is 9.12. The van der Waals surface area contributed by atoms with Crippen molar-refractivity contribution in [3.8, 4) is 0 Å². The molecule has 2 N–H and O–H groups in total. The zero-order valence-corrected chi connectivity index (χ0v) is 18.8. The highest BCUT2D eigenvalue weighted by Crippen LogP contribution is 2.26. The average molecular weight is 426 g/mol. The van der Waals surface area contributed by atoms with E-state index < -0.39 is 0 Å². The zero-order chi connectivity index (χ0) is 21.8. The molecule has 1 aromatic heterocycles. The van der Waals surface area contributed by atoms with Gasteiger partial charge in [0.05, 0.1) is 0 Å². The summed E-state index contributed by atoms with van der Waals surface area (Å²) in [6, 6.07) is 9.88. The number of aromatic amines is 1. The van der Waals surface area contributed by atoms with Gasteiger partial charge in [0.1, 0.15) is 5.69 Å². The third kappa shape index (κ3) is 5.28. The highest BCUT2D eigenvalue weighted by atomic mass is 16.2. The van der Waals surface area contributed by atoms with E-state index in [4.69, 9.17) is 0 Å². The van der Waals surface area contributed by atoms with Crippen LogP contribution in [-0.2, 0) is 4.79 Å². The number of fused-ring (bicyclic) bond motifs is 1. The summed E-state index contributed by atoms with van der Waals surface area (Å²) in [6.45, 7) is 9.42. The van der Waals surface area contributed by atoms with E-state index >= 15 is 0 Å². The Morgan fingerprint density at radius 2 is 1.81 bits per heavy atom. The van der Waals surface area contributed by atoms with Gasteiger partial charge in [0, 0.05) is 69.2 Å². The van der Waals surface area contributed by atoms with Crippen molar-refractivity contribution in [2.75, 3.05) is 59.4 Å². The standard InChI is InChI=1S/C24H35N5O2/c1-18(23(30)25-9-12-28-15-13-27(2)14-16-28)19-7-10-29(11-8-19)24(31)22-17-20-5-3-4-6-21(20)26-22/h3-6,17-19,26H,7-16H2,1-2H3,(H,25,30)/t18-/m0/s1. The third-order valence-corrected chi connectivity index (χ3v) is 7.03. The molecular weight excluding hydrogens is 390 g/mol. The molecule has 31 heavy (non-hydrogen) atoms. The fourth-order valence-electron chi connectivity index (χ4n) is 4.75. The molecule has 4 rings (SSSR count). The van der Waals surface area contributed by atoms with Crippen molar-refractivity contribution < 1.29 is 9.59 Å². The maximum atomic E-state index is 12.9. The SMILES string of the molecule is C[C@H](C(=O)NCCN1CCN(C)CC1)C1CCN(C(=O)c2cc3ccccc3[nH]2)CC1. The molecule has 3 heterocycles. The monoisotopic (exact) mass is 425 g/mol. The van der Waals surface area contributed by atoms with Gasteiger partial charge < -0.3 is 20.1 Å². The minimum atomic E-state index is -0.0159. The lowest BCUT2D eigenvalue weighted by atomic mass is 9.84. The van der Waals surface area contributed by atoms with Crippen LogP contribution < -0.4 is 5.32 Å². The molecule has 7 nitrogen and oxygen atoms in total. The van der Waals surface area contributed by atoms with Gasteiger partial charge in [0.25, 0.3) is 5.91 Å². The molecule has 7 heteroatoms. The predicted octanol–water partition coefficient (Wildman–Crippen LogP) is 2.02. The van der Waals surface area contributed by atoms with E-state index in [0.29, 0.717) is 31.2 Å². The molecule has 2 aliphatic heterocycles. The van der Waals surface area contributed by atoms with Crippen molar-refractivity contribution in [1.29, 1.82) is 0 Å². The number of carbonyl (C=O) groups is 2. The Morgan fingerprint density at radius 1 is 1.10 bits per heavy atom. The predicted molar refractivity (Wildman–Crippen MR) is 123 cm³/mol. The van der Waals surface area contributed by atoms with Gasteiger partial charge in [0.2, 0.25) is 5.91 Å². The quantitative estimate of drug-likeness (QED) is 0.743. The molecule has 0 aliphatic carbocycles. The smallest absolute Gasteiger partial charge is 0.270 e. The van der Waals surface area contributed by atoms with Crippen LogP contribution in [0, 0.1) is 11.8 Å². The maximum absolute atomic E-state index is 12.9. The number of aromatic nitrogens is 1. The number of hydrogen-bond acceptors (Lipinski definition) is 4. The van der Waals surface area contributed by atoms with E-state index in [-0.39, 0.29) is 17.7 Å². The van der Waals surface area contributed by atoms with Crippen molar-refractivity contribution in [2.24, 2.45) is 11.8 Å². The van der Waals surface area contributed by atoms with Gasteiger partial charge in [-0.15, -0.1) is 0 Å². The molecule has 0 unspecified atom stereocenters. The van der Waals surface area contributed by atoms with Crippen LogP contribution in [0.5, 0.6) is 0 Å². The lowest BCUT2D eigenvalue weighted by Gasteiger charge is -2.34. The Hall–Kier alpha value is -2.38. The first-order valence-electron chi connectivity index (χ1n) is 11.6. The van der Waals surface area contributed by atoms with Crippen LogP contribution in [0.3, 0.4) is 0 Å². The van der Waals surface area contributed by atoms with E-state index in [0.717, 1.165) is 56.5 Å². The van der Waals surface area contributed by atoms with Gasteiger partial charge in [-0.25, -0.2) is 0 Å². The number of likely N-dealkylation sites (tertiary alicyclic amines) is 1. The number of nitrogens with one attached hydrogen (secondary N) is 2. The van der Waals surface area contributed by atoms with Crippen LogP contribution in [0.4, 0.5) is 0 Å². The summed E-state index contributed by atoms with van der Waals surface area (Å²) >= 11 is 0. The summed E-state index contributed by atoms with van der Waals surface area (Å²) in [7, 11) is 2.15. The van der Waals surface area contributed by atoms with Gasteiger partial charge in [-0.1, -0.05) is 25.1 Å². The molecular formula is C24H35N5O2. The van der Waals surface area contributed by atoms with E-state index in [2.05, 4.69) is 27.1 Å². The Balaban J connectivity index is 1.21. The number of carbonyl (C=O) groups excluding carboxylic acids is 2. The van der Waals surface area contributed by atoms with E-state index in [9.17, 15) is 9.59 Å². The molecule has 168 valence electrons. The summed E-state index contributed by atoms with van der Waals surface area (Å²) in [5.74, 6) is 0.515. The number of hydrogen-bond donors (Lipinski definition) is 2. The van der Waals surface area contributed by atoms with Gasteiger partial charge in [0.15, 0.2) is 0 Å². The molecule has 2 amide bonds. The highest BCUT2D eigenvalue weighted by molar-refractivity contribution is 5.98. The summed E-state index contributed by atoms with van der Waals surface area (Å²) in [4.78, 5) is 35.5. The fraction of sp³-hybridized carbons (Fsp3) is 0.583. The van der Waals surface area contributed by atoms with Crippen molar-refractivity contribution in [1.82, 2.24) is 25.0 Å². The first kappa shape index (κ1) is 21.8. The van der Waals surface area contributed by atoms with Crippen molar-refractivity contribution in [2.45, 2.75) is 19.8 Å². The molecule has 2 fully saturated rings. The minimum Gasteiger partial charge on any atom is -0.355 e. The summed E-state index contributed by atoms with van der Waals surface area (Å²) < 4.78 is 0. The molecule has 0 spiro atoms. The number of H-pyrrole nitrogens is 1. The minimum absolute atomic E-state index is 0.0159. The Morgan fingerprint density at radius 3 is 2.52 bits per heavy atom. The molecule has 1 aromatic carbocycles. The second-order valence-electron chi connectivity index (χ2n) is 9.12. The lowest BCUT2D eigenvalue weighted by Crippen LogP contribution is -2.48. The highest BCUT2D eigenvalue weighted by Gasteiger charge is 2.30. The Labute approximate surface area is 184 Å². The largest absolute Gasteiger partial charge is 0.355 e. The van der Waals surface area contributed by atoms with Crippen LogP contribution in [0.15, 0.2) is 30.3 Å². The molecule has 0 saturated carbocycles. The molecule has 2 aromatic rings. The molecule has 2 aliphatic rings. The summed E-state index contributed by atoms with van der Waals surface area (Å²) in [5, 5.41) is 4.19. The molecule has 1 atom stereocenters. The van der Waals surface area contributed by atoms with Crippen LogP contribution in [0.25, 0.3) is 10.9 Å². The van der Waals surface area contributed by atoms with Gasteiger partial charge in [-0.3, -0.25) is 14.5 Å². The maximum Gasteiger partial charge on any atom is 0.270 e. The first-order chi connectivity index (χ1) is 15.0. The van der Waals surface area contributed by atoms with E-state index in [1.807, 2.05) is 42.2 Å². The number of likely N-dealkylation sites (N-methyl/N-ethyl adjacent to an activating group) is 1. The first-order valence-corrected chi connectivity index (χ1v) is 11.6. The van der Waals surface area contributed by atoms with Crippen molar-refractivity contribution in [3.05, 3.63) is 36.0 Å². The van der Waals surface area contributed by atoms with Gasteiger partial charge in [-0.05, 0) is 37.9 Å². The van der Waals surface area contributed by atoms with Crippen molar-refractivity contribution in [3.63, 3.8) is 0 Å². The van der Waals surface area contributed by atoms with E-state index in [1.165, 1.54) is 0 Å². The van der Waals surface area contributed by atoms with Gasteiger partial charge in [-0.2, -0.15) is 0 Å². The Kier molecular flexibility index (Phi) is 6.92. The molecule has 0 bridgehead atoms. The van der Waals surface area contributed by atoms with Gasteiger partial charge >= 0.3 is 0 Å². The number of piperidine rings is 1. The molecule has 0 radical (unpaired) electrons. The fourth-order valence-corrected chi connectivity index (χ4v) is 4.75. The number of nitrogens with zero attached hydrogens (tertiary/aromatic N) is 3. The number of piperazine rings is 1. The van der Waals surface area contributed by atoms with E-state index in [1.54, 1.807) is 0 Å². The van der Waals surface area contributed by atoms with Crippen LogP contribution in [0.2, 0.25) is 0 Å². The topological polar surface area (TPSA) is 71.7 Å². The molecule has 2 saturated heterocycles. The number of rotatable bonds is 6. The second kappa shape index (κ2) is 9.83. The normalized spacial score (nSPS) is 20.1. The zero-order valence-electron chi connectivity index (χ0n) is 18.8. The van der Waals surface area contributed by atoms with Crippen molar-refractivity contribution >= 4 is 22.7 Å². The third-order valence-electron chi connectivity index (χ3n) is 7.03. The van der Waals surface area contributed by atoms with Crippen LogP contribution in [0.1, 0.15) is 30.3 Å². The van der Waals surface area contributed by atoms with Crippen LogP contribution in [-0.4, -0.2) is 90.9 Å². The number of benzene rings is 1. The summed E-state index contributed by atoms with van der Waals surface area (Å²) in [6.07, 6.45) is 1.75. The lowest BCUT2D eigenvalue weighted by molar-refractivity contribution is -0.126. The average Bonchev–Trinajstić information content (AvgIpc) is 3.24. The van der Waals surface area contributed by atoms with Crippen LogP contribution >= 0.6 is 0 Å². The number of para-hydroxylation sites is 1. The summed E-state index contributed by atoms with van der Waals surface area (Å²) in [5.41, 5.74) is 1.64.